The highest BCUT2D eigenvalue weighted by Crippen LogP contribution is 2.52. The molecule has 0 bridgehead atoms. The van der Waals surface area contributed by atoms with E-state index in [1.807, 2.05) is 18.2 Å². The first kappa shape index (κ1) is 21.1. The van der Waals surface area contributed by atoms with Crippen LogP contribution in [0.15, 0.2) is 36.5 Å². The molecule has 162 valence electrons. The Bertz CT molecular complexity index is 1050. The maximum absolute atomic E-state index is 12.9. The zero-order chi connectivity index (χ0) is 22.0. The number of hydrogen-bond donors (Lipinski definition) is 3. The number of likely N-dealkylation sites (tertiary alicyclic amines) is 1. The van der Waals surface area contributed by atoms with Crippen LogP contribution in [0, 0.1) is 0 Å². The second kappa shape index (κ2) is 8.54. The van der Waals surface area contributed by atoms with Gasteiger partial charge >= 0.3 is 5.97 Å². The van der Waals surface area contributed by atoms with E-state index in [4.69, 9.17) is 5.11 Å². The summed E-state index contributed by atoms with van der Waals surface area (Å²) in [5.74, 6) is -1.54. The van der Waals surface area contributed by atoms with E-state index in [0.717, 1.165) is 6.42 Å². The summed E-state index contributed by atoms with van der Waals surface area (Å²) >= 11 is 1.42. The number of benzene rings is 1. The molecular formula is C21H22N4O5S. The first-order valence-corrected chi connectivity index (χ1v) is 11.0. The third-order valence-corrected chi connectivity index (χ3v) is 7.01. The van der Waals surface area contributed by atoms with Crippen molar-refractivity contribution in [3.05, 3.63) is 42.1 Å². The molecule has 0 saturated carbocycles. The van der Waals surface area contributed by atoms with Gasteiger partial charge in [-0.25, -0.2) is 0 Å². The topological polar surface area (TPSA) is 129 Å². The van der Waals surface area contributed by atoms with Crippen LogP contribution in [0.5, 0.6) is 0 Å². The van der Waals surface area contributed by atoms with Crippen LogP contribution in [0.2, 0.25) is 0 Å². The molecule has 3 heterocycles. The number of carboxylic acids is 1. The highest BCUT2D eigenvalue weighted by Gasteiger charge is 2.60. The molecule has 31 heavy (non-hydrogen) atoms. The molecule has 0 aliphatic carbocycles. The molecule has 10 heteroatoms. The van der Waals surface area contributed by atoms with Gasteiger partial charge < -0.3 is 20.6 Å². The fraction of sp³-hybridized carbons (Fsp3) is 0.381. The molecule has 1 unspecified atom stereocenters. The van der Waals surface area contributed by atoms with Crippen molar-refractivity contribution >= 4 is 46.4 Å². The van der Waals surface area contributed by atoms with Crippen LogP contribution in [0.25, 0.3) is 10.9 Å². The number of aliphatic carboxylic acids is 1. The molecule has 1 aromatic carbocycles. The lowest BCUT2D eigenvalue weighted by Gasteiger charge is -2.30. The van der Waals surface area contributed by atoms with Crippen molar-refractivity contribution in [2.45, 2.75) is 23.6 Å². The molecule has 2 saturated heterocycles. The van der Waals surface area contributed by atoms with E-state index in [2.05, 4.69) is 15.6 Å². The van der Waals surface area contributed by atoms with Gasteiger partial charge in [0.2, 0.25) is 11.8 Å². The molecule has 2 atom stereocenters. The second-order valence-electron chi connectivity index (χ2n) is 7.56. The van der Waals surface area contributed by atoms with E-state index in [9.17, 15) is 19.2 Å². The summed E-state index contributed by atoms with van der Waals surface area (Å²) in [5, 5.41) is 14.6. The largest absolute Gasteiger partial charge is 0.480 e. The molecule has 3 N–H and O–H groups in total. The predicted molar refractivity (Wildman–Crippen MR) is 115 cm³/mol. The molecule has 2 aliphatic rings. The zero-order valence-electron chi connectivity index (χ0n) is 16.7. The Morgan fingerprint density at radius 2 is 1.94 bits per heavy atom. The van der Waals surface area contributed by atoms with Gasteiger partial charge in [-0.05, 0) is 25.0 Å². The Hall–Kier alpha value is -3.14. The Kier molecular flexibility index (Phi) is 5.81. The number of nitrogens with zero attached hydrogens (tertiary/aromatic N) is 2. The quantitative estimate of drug-likeness (QED) is 0.537. The number of hydrogen-bond acceptors (Lipinski definition) is 6. The summed E-state index contributed by atoms with van der Waals surface area (Å²) in [4.78, 5) is 54.8. The lowest BCUT2D eigenvalue weighted by atomic mass is 9.98. The van der Waals surface area contributed by atoms with Crippen LogP contribution < -0.4 is 10.6 Å². The highest BCUT2D eigenvalue weighted by atomic mass is 32.2. The van der Waals surface area contributed by atoms with Crippen molar-refractivity contribution in [3.63, 3.8) is 0 Å². The molecule has 2 aliphatic heterocycles. The number of carbonyl (C=O) groups is 4. The number of rotatable bonds is 7. The molecule has 2 aromatic rings. The van der Waals surface area contributed by atoms with Gasteiger partial charge in [0.1, 0.15) is 11.3 Å². The van der Waals surface area contributed by atoms with E-state index in [1.165, 1.54) is 11.8 Å². The lowest BCUT2D eigenvalue weighted by molar-refractivity contribution is -0.139. The van der Waals surface area contributed by atoms with Gasteiger partial charge in [0.05, 0.1) is 23.7 Å². The third-order valence-electron chi connectivity index (χ3n) is 5.65. The second-order valence-corrected chi connectivity index (χ2v) is 8.86. The maximum atomic E-state index is 12.9. The minimum Gasteiger partial charge on any atom is -0.480 e. The Balaban J connectivity index is 1.41. The van der Waals surface area contributed by atoms with Crippen LogP contribution in [0.1, 0.15) is 23.2 Å². The summed E-state index contributed by atoms with van der Waals surface area (Å²) in [6.07, 6.45) is 2.98. The average molecular weight is 442 g/mol. The molecule has 2 fully saturated rings. The molecule has 3 amide bonds. The van der Waals surface area contributed by atoms with Crippen molar-refractivity contribution in [1.29, 1.82) is 0 Å². The predicted octanol–water partition coefficient (Wildman–Crippen LogP) is 0.642. The van der Waals surface area contributed by atoms with Crippen LogP contribution in [-0.4, -0.2) is 74.9 Å². The van der Waals surface area contributed by atoms with E-state index in [-0.39, 0.29) is 30.3 Å². The summed E-state index contributed by atoms with van der Waals surface area (Å²) in [6.45, 7) is -0.118. The molecule has 0 spiro atoms. The smallest absolute Gasteiger partial charge is 0.322 e. The van der Waals surface area contributed by atoms with Crippen molar-refractivity contribution < 1.29 is 24.3 Å². The number of thioether (sulfide) groups is 1. The fourth-order valence-corrected chi connectivity index (χ4v) is 5.17. The first-order chi connectivity index (χ1) is 14.9. The lowest BCUT2D eigenvalue weighted by Crippen LogP contribution is -2.54. The number of para-hydroxylation sites is 1. The van der Waals surface area contributed by atoms with Gasteiger partial charge in [-0.1, -0.05) is 18.2 Å². The summed E-state index contributed by atoms with van der Waals surface area (Å²) in [5.41, 5.74) is 1.14. The Labute approximate surface area is 182 Å². The molecule has 0 radical (unpaired) electrons. The van der Waals surface area contributed by atoms with Gasteiger partial charge in [-0.15, -0.1) is 11.8 Å². The number of nitrogens with one attached hydrogen (secondary N) is 2. The number of carboxylic acid groups (broad SMARTS) is 1. The number of fused-ring (bicyclic) bond motifs is 1. The average Bonchev–Trinajstić information content (AvgIpc) is 3.43. The van der Waals surface area contributed by atoms with Crippen molar-refractivity contribution in [3.8, 4) is 0 Å². The van der Waals surface area contributed by atoms with Crippen LogP contribution in [-0.2, 0) is 14.4 Å². The monoisotopic (exact) mass is 442 g/mol. The van der Waals surface area contributed by atoms with Gasteiger partial charge in [0, 0.05) is 23.9 Å². The SMILES string of the molecule is O=C(O)CNC(=O)C1([C@@H]2CCCN2C(=O)CNC(=O)c2ccnc3ccccc23)CS1. The fourth-order valence-electron chi connectivity index (χ4n) is 4.05. The number of carbonyl (C=O) groups excluding carboxylic acids is 3. The Morgan fingerprint density at radius 1 is 1.16 bits per heavy atom. The summed E-state index contributed by atoms with van der Waals surface area (Å²) in [6, 6.07) is 8.59. The minimum atomic E-state index is -1.11. The van der Waals surface area contributed by atoms with E-state index >= 15 is 0 Å². The minimum absolute atomic E-state index is 0.177. The van der Waals surface area contributed by atoms with Gasteiger partial charge in [-0.2, -0.15) is 0 Å². The zero-order valence-corrected chi connectivity index (χ0v) is 17.5. The van der Waals surface area contributed by atoms with Gasteiger partial charge in [-0.3, -0.25) is 24.2 Å². The van der Waals surface area contributed by atoms with Crippen molar-refractivity contribution in [2.75, 3.05) is 25.4 Å². The molecule has 9 nitrogen and oxygen atoms in total. The van der Waals surface area contributed by atoms with E-state index < -0.39 is 17.3 Å². The third kappa shape index (κ3) is 4.20. The standard InChI is InChI=1S/C21H22N4O5S/c26-17(10-23-19(29)14-7-8-22-15-5-2-1-4-13(14)15)25-9-3-6-16(25)21(12-31-21)20(30)24-11-18(27)28/h1-2,4-5,7-8,16H,3,6,9-12H2,(H,23,29)(H,24,30)(H,27,28)/t16-,21?/m0/s1. The molecule has 4 rings (SSSR count). The first-order valence-electron chi connectivity index (χ1n) is 9.98. The normalized spacial score (nSPS) is 22.2. The van der Waals surface area contributed by atoms with Gasteiger partial charge in [0.25, 0.3) is 5.91 Å². The van der Waals surface area contributed by atoms with Crippen molar-refractivity contribution in [1.82, 2.24) is 20.5 Å². The van der Waals surface area contributed by atoms with E-state index in [0.29, 0.717) is 35.2 Å². The van der Waals surface area contributed by atoms with Crippen LogP contribution in [0.4, 0.5) is 0 Å². The van der Waals surface area contributed by atoms with Gasteiger partial charge in [0.15, 0.2) is 0 Å². The molecule has 1 aromatic heterocycles. The highest BCUT2D eigenvalue weighted by molar-refractivity contribution is 8.08. The summed E-state index contributed by atoms with van der Waals surface area (Å²) < 4.78 is -0.799. The van der Waals surface area contributed by atoms with Crippen LogP contribution in [0.3, 0.4) is 0 Å². The van der Waals surface area contributed by atoms with E-state index in [1.54, 1.807) is 23.2 Å². The van der Waals surface area contributed by atoms with Crippen molar-refractivity contribution in [2.24, 2.45) is 0 Å². The number of pyridine rings is 1. The number of amides is 3. The van der Waals surface area contributed by atoms with Crippen LogP contribution >= 0.6 is 11.8 Å². The molecular weight excluding hydrogens is 420 g/mol. The number of aromatic nitrogens is 1. The maximum Gasteiger partial charge on any atom is 0.322 e. The Morgan fingerprint density at radius 3 is 2.68 bits per heavy atom. The summed E-state index contributed by atoms with van der Waals surface area (Å²) in [7, 11) is 0.